The zero-order valence-corrected chi connectivity index (χ0v) is 15.2. The molecule has 0 aliphatic carbocycles. The molecule has 0 radical (unpaired) electrons. The molecule has 3 rings (SSSR count). The molecule has 3 heterocycles. The van der Waals surface area contributed by atoms with Gasteiger partial charge in [0.1, 0.15) is 0 Å². The molecule has 1 amide bonds. The third-order valence-electron chi connectivity index (χ3n) is 5.35. The molecule has 0 saturated carbocycles. The molecule has 2 atom stereocenters. The number of amides is 1. The standard InChI is InChI=1S/C17H31N3O2S/c1-18-7-9-19(10-8-18)17(21)4-6-20(15-5-12-23-14-15)13-16-3-2-11-22-16/h15-16H,2-14H2,1H3/t15-,16-/m0/s1. The van der Waals surface area contributed by atoms with E-state index in [1.807, 2.05) is 16.7 Å². The maximum atomic E-state index is 12.5. The van der Waals surface area contributed by atoms with Crippen LogP contribution in [0, 0.1) is 0 Å². The number of rotatable bonds is 6. The summed E-state index contributed by atoms with van der Waals surface area (Å²) in [6.45, 7) is 6.62. The number of thioether (sulfide) groups is 1. The Kier molecular flexibility index (Phi) is 6.62. The fourth-order valence-electron chi connectivity index (χ4n) is 3.74. The average Bonchev–Trinajstić information content (AvgIpc) is 3.25. The van der Waals surface area contributed by atoms with Gasteiger partial charge in [0.15, 0.2) is 0 Å². The van der Waals surface area contributed by atoms with E-state index in [0.717, 1.165) is 45.9 Å². The van der Waals surface area contributed by atoms with Crippen molar-refractivity contribution >= 4 is 17.7 Å². The van der Waals surface area contributed by atoms with Crippen molar-refractivity contribution in [2.75, 3.05) is 64.4 Å². The van der Waals surface area contributed by atoms with Crippen molar-refractivity contribution in [3.05, 3.63) is 0 Å². The SMILES string of the molecule is CN1CCN(C(=O)CCN(C[C@@H]2CCCO2)[C@H]2CCSC2)CC1. The number of ether oxygens (including phenoxy) is 1. The Morgan fingerprint density at radius 2 is 2.09 bits per heavy atom. The topological polar surface area (TPSA) is 36.0 Å². The Labute approximate surface area is 144 Å². The van der Waals surface area contributed by atoms with E-state index >= 15 is 0 Å². The maximum Gasteiger partial charge on any atom is 0.223 e. The first-order valence-corrected chi connectivity index (χ1v) is 10.3. The summed E-state index contributed by atoms with van der Waals surface area (Å²) in [4.78, 5) is 19.4. The van der Waals surface area contributed by atoms with Crippen molar-refractivity contribution in [3.63, 3.8) is 0 Å². The molecule has 3 fully saturated rings. The monoisotopic (exact) mass is 341 g/mol. The minimum atomic E-state index is 0.334. The molecule has 0 aromatic heterocycles. The van der Waals surface area contributed by atoms with Gasteiger partial charge in [-0.25, -0.2) is 0 Å². The third kappa shape index (κ3) is 5.08. The first kappa shape index (κ1) is 17.5. The largest absolute Gasteiger partial charge is 0.377 e. The van der Waals surface area contributed by atoms with E-state index in [9.17, 15) is 4.79 Å². The molecule has 0 aromatic rings. The number of carbonyl (C=O) groups excluding carboxylic acids is 1. The Morgan fingerprint density at radius 3 is 2.74 bits per heavy atom. The lowest BCUT2D eigenvalue weighted by Crippen LogP contribution is -2.48. The van der Waals surface area contributed by atoms with Crippen LogP contribution < -0.4 is 0 Å². The summed E-state index contributed by atoms with van der Waals surface area (Å²) in [5.41, 5.74) is 0. The van der Waals surface area contributed by atoms with Crippen molar-refractivity contribution in [1.29, 1.82) is 0 Å². The van der Waals surface area contributed by atoms with Crippen LogP contribution in [0.4, 0.5) is 0 Å². The number of hydrogen-bond acceptors (Lipinski definition) is 5. The summed E-state index contributed by atoms with van der Waals surface area (Å²) in [5.74, 6) is 2.82. The second kappa shape index (κ2) is 8.70. The lowest BCUT2D eigenvalue weighted by molar-refractivity contribution is -0.133. The van der Waals surface area contributed by atoms with Crippen LogP contribution in [0.15, 0.2) is 0 Å². The third-order valence-corrected chi connectivity index (χ3v) is 6.50. The van der Waals surface area contributed by atoms with Crippen molar-refractivity contribution in [2.24, 2.45) is 0 Å². The van der Waals surface area contributed by atoms with Gasteiger partial charge < -0.3 is 14.5 Å². The highest BCUT2D eigenvalue weighted by molar-refractivity contribution is 7.99. The van der Waals surface area contributed by atoms with Crippen LogP contribution in [0.3, 0.4) is 0 Å². The van der Waals surface area contributed by atoms with E-state index in [4.69, 9.17) is 4.74 Å². The van der Waals surface area contributed by atoms with Crippen LogP contribution >= 0.6 is 11.8 Å². The van der Waals surface area contributed by atoms with E-state index < -0.39 is 0 Å². The van der Waals surface area contributed by atoms with Gasteiger partial charge in [0.25, 0.3) is 0 Å². The summed E-state index contributed by atoms with van der Waals surface area (Å²) in [6.07, 6.45) is 4.69. The molecular formula is C17H31N3O2S. The van der Waals surface area contributed by atoms with Gasteiger partial charge in [0.05, 0.1) is 6.10 Å². The van der Waals surface area contributed by atoms with Gasteiger partial charge in [-0.2, -0.15) is 11.8 Å². The molecular weight excluding hydrogens is 310 g/mol. The number of nitrogens with zero attached hydrogens (tertiary/aromatic N) is 3. The van der Waals surface area contributed by atoms with E-state index in [0.29, 0.717) is 24.5 Å². The summed E-state index contributed by atoms with van der Waals surface area (Å²) in [7, 11) is 2.13. The summed E-state index contributed by atoms with van der Waals surface area (Å²) in [6, 6.07) is 0.643. The van der Waals surface area contributed by atoms with Gasteiger partial charge >= 0.3 is 0 Å². The molecule has 5 nitrogen and oxygen atoms in total. The molecule has 0 bridgehead atoms. The molecule has 132 valence electrons. The van der Waals surface area contributed by atoms with Gasteiger partial charge in [-0.3, -0.25) is 9.69 Å². The van der Waals surface area contributed by atoms with Gasteiger partial charge in [0, 0.05) is 64.1 Å². The highest BCUT2D eigenvalue weighted by atomic mass is 32.2. The molecule has 3 aliphatic rings. The van der Waals surface area contributed by atoms with Crippen molar-refractivity contribution < 1.29 is 9.53 Å². The minimum absolute atomic E-state index is 0.334. The van der Waals surface area contributed by atoms with Crippen LogP contribution in [0.1, 0.15) is 25.7 Å². The van der Waals surface area contributed by atoms with Crippen molar-refractivity contribution in [2.45, 2.75) is 37.8 Å². The molecule has 6 heteroatoms. The maximum absolute atomic E-state index is 12.5. The van der Waals surface area contributed by atoms with Crippen molar-refractivity contribution in [3.8, 4) is 0 Å². The van der Waals surface area contributed by atoms with Crippen LogP contribution in [0.5, 0.6) is 0 Å². The molecule has 0 aromatic carbocycles. The first-order valence-electron chi connectivity index (χ1n) is 9.12. The Morgan fingerprint density at radius 1 is 1.26 bits per heavy atom. The minimum Gasteiger partial charge on any atom is -0.377 e. The second-order valence-electron chi connectivity index (χ2n) is 7.08. The molecule has 0 N–H and O–H groups in total. The van der Waals surface area contributed by atoms with Crippen LogP contribution in [0.25, 0.3) is 0 Å². The number of hydrogen-bond donors (Lipinski definition) is 0. The normalized spacial score (nSPS) is 29.6. The summed E-state index contributed by atoms with van der Waals surface area (Å²) in [5, 5.41) is 0. The zero-order chi connectivity index (χ0) is 16.1. The Bertz CT molecular complexity index is 376. The zero-order valence-electron chi connectivity index (χ0n) is 14.4. The van der Waals surface area contributed by atoms with Gasteiger partial charge in [-0.15, -0.1) is 0 Å². The molecule has 0 unspecified atom stereocenters. The van der Waals surface area contributed by atoms with Gasteiger partial charge in [0.2, 0.25) is 5.91 Å². The first-order chi connectivity index (χ1) is 11.2. The number of likely N-dealkylation sites (N-methyl/N-ethyl adjacent to an activating group) is 1. The quantitative estimate of drug-likeness (QED) is 0.724. The van der Waals surface area contributed by atoms with Crippen LogP contribution in [-0.4, -0.2) is 97.2 Å². The summed E-state index contributed by atoms with van der Waals surface area (Å²) < 4.78 is 5.83. The molecule has 3 saturated heterocycles. The van der Waals surface area contributed by atoms with Gasteiger partial charge in [-0.05, 0) is 32.1 Å². The predicted octanol–water partition coefficient (Wildman–Crippen LogP) is 1.14. The van der Waals surface area contributed by atoms with Crippen LogP contribution in [-0.2, 0) is 9.53 Å². The molecule has 3 aliphatic heterocycles. The lowest BCUT2D eigenvalue weighted by atomic mass is 10.1. The van der Waals surface area contributed by atoms with Crippen molar-refractivity contribution in [1.82, 2.24) is 14.7 Å². The van der Waals surface area contributed by atoms with Crippen LogP contribution in [0.2, 0.25) is 0 Å². The predicted molar refractivity (Wildman–Crippen MR) is 95.0 cm³/mol. The van der Waals surface area contributed by atoms with E-state index in [-0.39, 0.29) is 0 Å². The Balaban J connectivity index is 1.47. The summed E-state index contributed by atoms with van der Waals surface area (Å²) >= 11 is 2.05. The fraction of sp³-hybridized carbons (Fsp3) is 0.941. The lowest BCUT2D eigenvalue weighted by Gasteiger charge is -2.34. The van der Waals surface area contributed by atoms with E-state index in [1.54, 1.807) is 0 Å². The van der Waals surface area contributed by atoms with E-state index in [1.165, 1.54) is 30.8 Å². The average molecular weight is 342 g/mol. The van der Waals surface area contributed by atoms with Gasteiger partial charge in [-0.1, -0.05) is 0 Å². The number of piperazine rings is 1. The Hall–Kier alpha value is -0.300. The highest BCUT2D eigenvalue weighted by Crippen LogP contribution is 2.24. The number of carbonyl (C=O) groups is 1. The molecule has 23 heavy (non-hydrogen) atoms. The molecule has 0 spiro atoms. The fourth-order valence-corrected chi connectivity index (χ4v) is 4.99. The highest BCUT2D eigenvalue weighted by Gasteiger charge is 2.28. The second-order valence-corrected chi connectivity index (χ2v) is 8.23. The smallest absolute Gasteiger partial charge is 0.223 e. The van der Waals surface area contributed by atoms with E-state index in [2.05, 4.69) is 16.8 Å².